The second kappa shape index (κ2) is 10.1. The monoisotopic (exact) mass is 485 g/mol. The molecule has 1 aromatic carbocycles. The molecule has 0 atom stereocenters. The van der Waals surface area contributed by atoms with E-state index in [0.717, 1.165) is 48.1 Å². The number of carbonyl (C=O) groups is 2. The van der Waals surface area contributed by atoms with Gasteiger partial charge in [-0.15, -0.1) is 0 Å². The third kappa shape index (κ3) is 4.37. The van der Waals surface area contributed by atoms with Crippen molar-refractivity contribution in [3.05, 3.63) is 70.8 Å². The van der Waals surface area contributed by atoms with Crippen LogP contribution in [0.3, 0.4) is 0 Å². The van der Waals surface area contributed by atoms with Gasteiger partial charge in [0.2, 0.25) is 5.91 Å². The molecule has 2 aliphatic heterocycles. The second-order valence-corrected chi connectivity index (χ2v) is 9.44. The maximum absolute atomic E-state index is 12.8. The number of piperidine rings is 1. The first-order chi connectivity index (χ1) is 17.5. The first kappa shape index (κ1) is 24.1. The predicted molar refractivity (Wildman–Crippen MR) is 138 cm³/mol. The van der Waals surface area contributed by atoms with Gasteiger partial charge in [0.25, 0.3) is 0 Å². The SMILES string of the molecule is CCC(=O)N1CCC(c2nc3c(C4=CN=C(c5ccccc5)CC4)cnn3c(C)c2C(=O)CO)CC1. The number of carbonyl (C=O) groups excluding carboxylic acids is 2. The number of hydrogen-bond donors (Lipinski definition) is 1. The Morgan fingerprint density at radius 2 is 1.86 bits per heavy atom. The quantitative estimate of drug-likeness (QED) is 0.533. The lowest BCUT2D eigenvalue weighted by molar-refractivity contribution is -0.131. The number of benzene rings is 1. The van der Waals surface area contributed by atoms with Crippen LogP contribution in [0.25, 0.3) is 11.2 Å². The highest BCUT2D eigenvalue weighted by Gasteiger charge is 2.30. The van der Waals surface area contributed by atoms with Crippen LogP contribution in [0.1, 0.15) is 77.8 Å². The number of ketones is 1. The van der Waals surface area contributed by atoms with Gasteiger partial charge < -0.3 is 10.0 Å². The van der Waals surface area contributed by atoms with E-state index in [-0.39, 0.29) is 17.6 Å². The molecule has 2 aromatic heterocycles. The summed E-state index contributed by atoms with van der Waals surface area (Å²) in [5.74, 6) is -0.168. The Bertz CT molecular complexity index is 1360. The number of aliphatic hydroxyl groups excluding tert-OH is 1. The van der Waals surface area contributed by atoms with Crippen molar-refractivity contribution < 1.29 is 14.7 Å². The summed E-state index contributed by atoms with van der Waals surface area (Å²) < 4.78 is 1.70. The molecule has 8 nitrogen and oxygen atoms in total. The van der Waals surface area contributed by atoms with Crippen molar-refractivity contribution in [2.24, 2.45) is 4.99 Å². The predicted octanol–water partition coefficient (Wildman–Crippen LogP) is 3.95. The summed E-state index contributed by atoms with van der Waals surface area (Å²) in [5, 5.41) is 14.3. The Kier molecular flexibility index (Phi) is 6.78. The molecule has 1 amide bonds. The topological polar surface area (TPSA) is 100 Å². The van der Waals surface area contributed by atoms with Gasteiger partial charge in [0.15, 0.2) is 11.4 Å². The lowest BCUT2D eigenvalue weighted by atomic mass is 9.88. The number of Topliss-reactive ketones (excluding diaryl/α,β-unsaturated/α-hetero) is 1. The smallest absolute Gasteiger partial charge is 0.222 e. The largest absolute Gasteiger partial charge is 0.388 e. The third-order valence-corrected chi connectivity index (χ3v) is 7.33. The van der Waals surface area contributed by atoms with Crippen LogP contribution in [0.2, 0.25) is 0 Å². The maximum Gasteiger partial charge on any atom is 0.222 e. The number of allylic oxidation sites excluding steroid dienone is 1. The highest BCUT2D eigenvalue weighted by molar-refractivity contribution is 6.03. The van der Waals surface area contributed by atoms with Gasteiger partial charge in [-0.3, -0.25) is 14.6 Å². The Labute approximate surface area is 210 Å². The molecule has 5 rings (SSSR count). The number of rotatable bonds is 6. The van der Waals surface area contributed by atoms with Crippen LogP contribution in [0, 0.1) is 6.92 Å². The molecule has 1 N–H and O–H groups in total. The van der Waals surface area contributed by atoms with Gasteiger partial charge in [-0.25, -0.2) is 9.50 Å². The fourth-order valence-corrected chi connectivity index (χ4v) is 5.32. The minimum absolute atomic E-state index is 0.0332. The minimum atomic E-state index is -0.579. The molecule has 8 heteroatoms. The van der Waals surface area contributed by atoms with Gasteiger partial charge in [0.1, 0.15) is 6.61 Å². The number of likely N-dealkylation sites (tertiary alicyclic amines) is 1. The number of aliphatic imine (C=N–C) groups is 1. The lowest BCUT2D eigenvalue weighted by Crippen LogP contribution is -2.38. The normalized spacial score (nSPS) is 16.7. The summed E-state index contributed by atoms with van der Waals surface area (Å²) in [6.07, 6.45) is 7.30. The summed E-state index contributed by atoms with van der Waals surface area (Å²) in [5.41, 5.74) is 6.69. The number of aliphatic hydroxyl groups is 1. The fourth-order valence-electron chi connectivity index (χ4n) is 5.32. The zero-order valence-corrected chi connectivity index (χ0v) is 20.8. The fraction of sp³-hybridized carbons (Fsp3) is 0.393. The third-order valence-electron chi connectivity index (χ3n) is 7.33. The van der Waals surface area contributed by atoms with Crippen molar-refractivity contribution in [1.82, 2.24) is 19.5 Å². The maximum atomic E-state index is 12.8. The molecule has 4 heterocycles. The van der Waals surface area contributed by atoms with E-state index in [9.17, 15) is 14.7 Å². The highest BCUT2D eigenvalue weighted by Crippen LogP contribution is 2.34. The van der Waals surface area contributed by atoms with Crippen LogP contribution in [0.15, 0.2) is 47.7 Å². The van der Waals surface area contributed by atoms with Crippen molar-refractivity contribution in [2.75, 3.05) is 19.7 Å². The second-order valence-electron chi connectivity index (χ2n) is 9.44. The lowest BCUT2D eigenvalue weighted by Gasteiger charge is -2.32. The van der Waals surface area contributed by atoms with Gasteiger partial charge in [-0.1, -0.05) is 37.3 Å². The van der Waals surface area contributed by atoms with Crippen LogP contribution in [-0.4, -0.2) is 61.7 Å². The number of fused-ring (bicyclic) bond motifs is 1. The molecular formula is C28H31N5O3. The number of hydrogen-bond acceptors (Lipinski definition) is 6. The van der Waals surface area contributed by atoms with E-state index >= 15 is 0 Å². The number of aromatic nitrogens is 3. The zero-order valence-electron chi connectivity index (χ0n) is 20.8. The van der Waals surface area contributed by atoms with Crippen LogP contribution < -0.4 is 0 Å². The number of aryl methyl sites for hydroxylation is 1. The van der Waals surface area contributed by atoms with Crippen LogP contribution in [0.4, 0.5) is 0 Å². The van der Waals surface area contributed by atoms with Gasteiger partial charge in [-0.05, 0) is 43.7 Å². The Morgan fingerprint density at radius 1 is 1.11 bits per heavy atom. The molecule has 0 bridgehead atoms. The molecule has 3 aromatic rings. The van der Waals surface area contributed by atoms with E-state index < -0.39 is 6.61 Å². The number of amides is 1. The standard InChI is InChI=1S/C28H31N5O3/c1-3-25(36)32-13-11-20(12-14-32)27-26(24(35)17-34)18(2)33-28(31-27)22(16-30-33)21-9-10-23(29-15-21)19-7-5-4-6-8-19/h4-8,15-16,20,34H,3,9-14,17H2,1-2H3. The molecule has 36 heavy (non-hydrogen) atoms. The van der Waals surface area contributed by atoms with Crippen molar-refractivity contribution in [3.63, 3.8) is 0 Å². The Morgan fingerprint density at radius 3 is 2.50 bits per heavy atom. The van der Waals surface area contributed by atoms with E-state index in [2.05, 4.69) is 17.2 Å². The van der Waals surface area contributed by atoms with Gasteiger partial charge in [0.05, 0.1) is 23.1 Å². The first-order valence-electron chi connectivity index (χ1n) is 12.6. The number of nitrogens with zero attached hydrogens (tertiary/aromatic N) is 5. The molecular weight excluding hydrogens is 454 g/mol. The molecule has 2 aliphatic rings. The van der Waals surface area contributed by atoms with Crippen molar-refractivity contribution in [3.8, 4) is 0 Å². The molecule has 0 saturated carbocycles. The van der Waals surface area contributed by atoms with E-state index in [0.29, 0.717) is 42.1 Å². The van der Waals surface area contributed by atoms with Gasteiger partial charge in [0, 0.05) is 42.9 Å². The van der Waals surface area contributed by atoms with Crippen LogP contribution in [-0.2, 0) is 4.79 Å². The Hall–Kier alpha value is -3.65. The molecule has 0 unspecified atom stereocenters. The molecule has 1 fully saturated rings. The molecule has 186 valence electrons. The summed E-state index contributed by atoms with van der Waals surface area (Å²) in [7, 11) is 0. The van der Waals surface area contributed by atoms with Gasteiger partial charge in [-0.2, -0.15) is 5.10 Å². The van der Waals surface area contributed by atoms with Crippen molar-refractivity contribution in [1.29, 1.82) is 0 Å². The first-order valence-corrected chi connectivity index (χ1v) is 12.6. The van der Waals surface area contributed by atoms with Crippen molar-refractivity contribution in [2.45, 2.75) is 51.9 Å². The average Bonchev–Trinajstić information content (AvgIpc) is 3.37. The summed E-state index contributed by atoms with van der Waals surface area (Å²) in [4.78, 5) is 36.6. The minimum Gasteiger partial charge on any atom is -0.388 e. The summed E-state index contributed by atoms with van der Waals surface area (Å²) in [6, 6.07) is 10.2. The highest BCUT2D eigenvalue weighted by atomic mass is 16.3. The van der Waals surface area contributed by atoms with E-state index in [1.807, 2.05) is 43.1 Å². The van der Waals surface area contributed by atoms with E-state index in [4.69, 9.17) is 9.98 Å². The summed E-state index contributed by atoms with van der Waals surface area (Å²) in [6.45, 7) is 4.44. The van der Waals surface area contributed by atoms with Gasteiger partial charge >= 0.3 is 0 Å². The average molecular weight is 486 g/mol. The van der Waals surface area contributed by atoms with Crippen LogP contribution in [0.5, 0.6) is 0 Å². The van der Waals surface area contributed by atoms with Crippen molar-refractivity contribution >= 4 is 28.6 Å². The molecule has 1 saturated heterocycles. The van der Waals surface area contributed by atoms with Crippen LogP contribution >= 0.6 is 0 Å². The van der Waals surface area contributed by atoms with E-state index in [1.54, 1.807) is 10.7 Å². The van der Waals surface area contributed by atoms with E-state index in [1.165, 1.54) is 0 Å². The molecule has 0 radical (unpaired) electrons. The molecule has 0 spiro atoms. The zero-order chi connectivity index (χ0) is 25.2. The molecule has 0 aliphatic carbocycles. The summed E-state index contributed by atoms with van der Waals surface area (Å²) >= 11 is 0. The Balaban J connectivity index is 1.53.